The molecule has 0 unspecified atom stereocenters. The summed E-state index contributed by atoms with van der Waals surface area (Å²) in [6.07, 6.45) is 0. The van der Waals surface area contributed by atoms with Crippen LogP contribution < -0.4 is 0 Å². The topological polar surface area (TPSA) is 22.8 Å². The fourth-order valence-corrected chi connectivity index (χ4v) is 7.65. The molecule has 0 N–H and O–H groups in total. The third-order valence-corrected chi connectivity index (χ3v) is 9.89. The maximum absolute atomic E-state index is 5.23. The Hall–Kier alpha value is -6.71. The number of benzene rings is 7. The summed E-state index contributed by atoms with van der Waals surface area (Å²) in [5.74, 6) is 0. The quantitative estimate of drug-likeness (QED) is 0.184. The van der Waals surface area contributed by atoms with E-state index in [1.807, 2.05) is 0 Å². The molecule has 3 nitrogen and oxygen atoms in total. The molecule has 0 fully saturated rings. The first-order valence-electron chi connectivity index (χ1n) is 17.1. The van der Waals surface area contributed by atoms with Crippen LogP contribution >= 0.6 is 0 Å². The minimum atomic E-state index is 0.941. The van der Waals surface area contributed by atoms with Crippen molar-refractivity contribution in [2.24, 2.45) is 0 Å². The monoisotopic (exact) mass is 637 g/mol. The van der Waals surface area contributed by atoms with Gasteiger partial charge in [0.25, 0.3) is 0 Å². The van der Waals surface area contributed by atoms with Crippen LogP contribution in [0.3, 0.4) is 0 Å². The normalized spacial score (nSPS) is 11.6. The van der Waals surface area contributed by atoms with Crippen LogP contribution in [-0.4, -0.2) is 14.1 Å². The van der Waals surface area contributed by atoms with Crippen molar-refractivity contribution in [1.29, 1.82) is 0 Å². The maximum atomic E-state index is 5.23. The van der Waals surface area contributed by atoms with Gasteiger partial charge in [0.05, 0.1) is 39.1 Å². The Labute approximate surface area is 290 Å². The molecule has 0 aliphatic heterocycles. The van der Waals surface area contributed by atoms with E-state index in [1.54, 1.807) is 0 Å². The number of hydrogen-bond donors (Lipinski definition) is 0. The van der Waals surface area contributed by atoms with Crippen molar-refractivity contribution >= 4 is 43.6 Å². The van der Waals surface area contributed by atoms with Crippen LogP contribution in [0.4, 0.5) is 0 Å². The molecule has 50 heavy (non-hydrogen) atoms. The average molecular weight is 638 g/mol. The van der Waals surface area contributed by atoms with Gasteiger partial charge < -0.3 is 9.13 Å². The van der Waals surface area contributed by atoms with E-state index in [0.29, 0.717) is 0 Å². The van der Waals surface area contributed by atoms with Gasteiger partial charge in [0.15, 0.2) is 0 Å². The van der Waals surface area contributed by atoms with Gasteiger partial charge in [-0.25, -0.2) is 4.98 Å². The summed E-state index contributed by atoms with van der Waals surface area (Å²) >= 11 is 0. The molecule has 0 aliphatic carbocycles. The van der Waals surface area contributed by atoms with E-state index in [-0.39, 0.29) is 0 Å². The summed E-state index contributed by atoms with van der Waals surface area (Å²) in [6.45, 7) is 0. The first kappa shape index (κ1) is 28.3. The van der Waals surface area contributed by atoms with Crippen molar-refractivity contribution in [1.82, 2.24) is 14.1 Å². The van der Waals surface area contributed by atoms with Crippen LogP contribution in [0.15, 0.2) is 188 Å². The smallest absolute Gasteiger partial charge is 0.0788 e. The number of pyridine rings is 1. The van der Waals surface area contributed by atoms with E-state index in [1.165, 1.54) is 49.2 Å². The first-order valence-corrected chi connectivity index (χ1v) is 17.1. The number of rotatable bonds is 5. The molecule has 10 rings (SSSR count). The highest BCUT2D eigenvalue weighted by atomic mass is 15.0. The predicted octanol–water partition coefficient (Wildman–Crippen LogP) is 12.3. The van der Waals surface area contributed by atoms with Crippen molar-refractivity contribution in [3.63, 3.8) is 0 Å². The molecule has 0 amide bonds. The Morgan fingerprint density at radius 1 is 0.300 bits per heavy atom. The lowest BCUT2D eigenvalue weighted by molar-refractivity contribution is 1.14. The van der Waals surface area contributed by atoms with Crippen LogP contribution in [0.2, 0.25) is 0 Å². The van der Waals surface area contributed by atoms with Gasteiger partial charge in [0, 0.05) is 38.4 Å². The SMILES string of the molecule is c1ccc(-c2cccc(-n3c4ccccc4c4ccc5c6ccccc6n(-c6cc(-c7ccccc7)nc(-c7ccccc7)c6)c5c43)c2)cc1. The van der Waals surface area contributed by atoms with E-state index in [4.69, 9.17) is 4.98 Å². The zero-order valence-electron chi connectivity index (χ0n) is 27.2. The maximum Gasteiger partial charge on any atom is 0.0788 e. The standard InChI is InChI=1S/C47H31N3/c1-4-15-32(16-5-1)35-21-14-22-36(29-35)49-44-25-12-10-23-38(44)40-27-28-41-39-24-11-13-26-45(39)50(47(41)46(40)49)37-30-42(33-17-6-2-7-18-33)48-43(31-37)34-19-8-3-9-20-34/h1-31H. The van der Waals surface area contributed by atoms with Gasteiger partial charge in [-0.1, -0.05) is 152 Å². The second-order valence-corrected chi connectivity index (χ2v) is 12.8. The molecule has 0 saturated heterocycles. The van der Waals surface area contributed by atoms with Gasteiger partial charge in [0.1, 0.15) is 0 Å². The predicted molar refractivity (Wildman–Crippen MR) is 209 cm³/mol. The largest absolute Gasteiger partial charge is 0.307 e. The summed E-state index contributed by atoms with van der Waals surface area (Å²) in [7, 11) is 0. The fourth-order valence-electron chi connectivity index (χ4n) is 7.65. The Kier molecular flexibility index (Phi) is 6.49. The van der Waals surface area contributed by atoms with Crippen LogP contribution in [-0.2, 0) is 0 Å². The van der Waals surface area contributed by atoms with Crippen molar-refractivity contribution < 1.29 is 0 Å². The van der Waals surface area contributed by atoms with Gasteiger partial charge in [-0.05, 0) is 47.5 Å². The van der Waals surface area contributed by atoms with Crippen molar-refractivity contribution in [2.75, 3.05) is 0 Å². The Morgan fingerprint density at radius 3 is 1.28 bits per heavy atom. The van der Waals surface area contributed by atoms with E-state index in [0.717, 1.165) is 39.4 Å². The molecule has 0 atom stereocenters. The molecule has 0 aliphatic rings. The minimum absolute atomic E-state index is 0.941. The third kappa shape index (κ3) is 4.48. The Morgan fingerprint density at radius 2 is 0.740 bits per heavy atom. The molecule has 3 heterocycles. The van der Waals surface area contributed by atoms with Crippen molar-refractivity contribution in [3.8, 4) is 45.0 Å². The van der Waals surface area contributed by atoms with E-state index < -0.39 is 0 Å². The summed E-state index contributed by atoms with van der Waals surface area (Å²) in [5.41, 5.74) is 13.4. The highest BCUT2D eigenvalue weighted by molar-refractivity contribution is 6.23. The van der Waals surface area contributed by atoms with Gasteiger partial charge in [0.2, 0.25) is 0 Å². The Bertz CT molecular complexity index is 2790. The summed E-state index contributed by atoms with van der Waals surface area (Å²) < 4.78 is 4.93. The zero-order valence-corrected chi connectivity index (χ0v) is 27.2. The Balaban J connectivity index is 1.35. The molecule has 3 aromatic heterocycles. The molecular weight excluding hydrogens is 607 g/mol. The number of nitrogens with zero attached hydrogens (tertiary/aromatic N) is 3. The minimum Gasteiger partial charge on any atom is -0.307 e. The second-order valence-electron chi connectivity index (χ2n) is 12.8. The molecule has 0 saturated carbocycles. The molecule has 10 aromatic rings. The van der Waals surface area contributed by atoms with Gasteiger partial charge >= 0.3 is 0 Å². The first-order chi connectivity index (χ1) is 24.8. The van der Waals surface area contributed by atoms with Crippen LogP contribution in [0.25, 0.3) is 88.6 Å². The van der Waals surface area contributed by atoms with Crippen LogP contribution in [0.1, 0.15) is 0 Å². The average Bonchev–Trinajstić information content (AvgIpc) is 3.72. The van der Waals surface area contributed by atoms with Gasteiger partial charge in [-0.3, -0.25) is 0 Å². The zero-order chi connectivity index (χ0) is 33.0. The lowest BCUT2D eigenvalue weighted by atomic mass is 10.1. The molecule has 0 spiro atoms. The van der Waals surface area contributed by atoms with E-state index in [9.17, 15) is 0 Å². The lowest BCUT2D eigenvalue weighted by Crippen LogP contribution is -2.01. The van der Waals surface area contributed by atoms with Gasteiger partial charge in [-0.2, -0.15) is 0 Å². The highest BCUT2D eigenvalue weighted by Crippen LogP contribution is 2.42. The summed E-state index contributed by atoms with van der Waals surface area (Å²) in [6, 6.07) is 67.3. The molecule has 234 valence electrons. The highest BCUT2D eigenvalue weighted by Gasteiger charge is 2.22. The van der Waals surface area contributed by atoms with Crippen molar-refractivity contribution in [2.45, 2.75) is 0 Å². The fraction of sp³-hybridized carbons (Fsp3) is 0. The number of fused-ring (bicyclic) bond motifs is 7. The number of aromatic nitrogens is 3. The molecular formula is C47H31N3. The third-order valence-electron chi connectivity index (χ3n) is 9.89. The molecule has 0 bridgehead atoms. The number of hydrogen-bond acceptors (Lipinski definition) is 1. The van der Waals surface area contributed by atoms with E-state index in [2.05, 4.69) is 197 Å². The second kappa shape index (κ2) is 11.5. The van der Waals surface area contributed by atoms with E-state index >= 15 is 0 Å². The summed E-state index contributed by atoms with van der Waals surface area (Å²) in [5, 5.41) is 4.90. The molecule has 0 radical (unpaired) electrons. The summed E-state index contributed by atoms with van der Waals surface area (Å²) in [4.78, 5) is 5.23. The van der Waals surface area contributed by atoms with Crippen molar-refractivity contribution in [3.05, 3.63) is 188 Å². The molecule has 7 aromatic carbocycles. The van der Waals surface area contributed by atoms with Crippen LogP contribution in [0, 0.1) is 0 Å². The lowest BCUT2D eigenvalue weighted by Gasteiger charge is -2.15. The number of para-hydroxylation sites is 2. The molecule has 3 heteroatoms. The van der Waals surface area contributed by atoms with Gasteiger partial charge in [-0.15, -0.1) is 0 Å². The van der Waals surface area contributed by atoms with Crippen LogP contribution in [0.5, 0.6) is 0 Å².